The molecule has 1 heterocycles. The van der Waals surface area contributed by atoms with E-state index in [-0.39, 0.29) is 16.9 Å². The number of carbonyl (C=O) groups excluding carboxylic acids is 2. The second-order valence-electron chi connectivity index (χ2n) is 6.86. The average molecular weight is 401 g/mol. The van der Waals surface area contributed by atoms with Crippen LogP contribution in [0.1, 0.15) is 17.2 Å². The molecule has 1 amide bonds. The molecule has 0 aliphatic carbocycles. The molecule has 7 heteroatoms. The lowest BCUT2D eigenvalue weighted by Gasteiger charge is -2.26. The molecule has 1 aliphatic heterocycles. The van der Waals surface area contributed by atoms with Crippen molar-refractivity contribution >= 4 is 29.1 Å². The van der Waals surface area contributed by atoms with Crippen LogP contribution in [0.4, 0.5) is 0 Å². The molecule has 2 N–H and O–H groups in total. The summed E-state index contributed by atoms with van der Waals surface area (Å²) in [4.78, 5) is 28.9. The Kier molecular flexibility index (Phi) is 5.72. The van der Waals surface area contributed by atoms with E-state index in [0.29, 0.717) is 23.7 Å². The van der Waals surface area contributed by atoms with Gasteiger partial charge in [0, 0.05) is 18.1 Å². The Bertz CT molecular complexity index is 938. The number of ketones is 1. The predicted octanol–water partition coefficient (Wildman–Crippen LogP) is 3.03. The number of carbonyl (C=O) groups is 2. The number of Topliss-reactive ketones (excluding diaryl/α,β-unsaturated/α-hetero) is 1. The van der Waals surface area contributed by atoms with Gasteiger partial charge in [0.15, 0.2) is 0 Å². The van der Waals surface area contributed by atoms with Gasteiger partial charge >= 0.3 is 0 Å². The minimum atomic E-state index is -0.778. The second-order valence-corrected chi connectivity index (χ2v) is 7.30. The van der Waals surface area contributed by atoms with Crippen molar-refractivity contribution in [2.45, 2.75) is 6.04 Å². The van der Waals surface area contributed by atoms with Crippen molar-refractivity contribution in [1.82, 2.24) is 9.80 Å². The molecule has 1 aliphatic rings. The highest BCUT2D eigenvalue weighted by Crippen LogP contribution is 2.40. The number of phenols is 1. The first-order valence-corrected chi connectivity index (χ1v) is 9.16. The number of hydrogen-bond acceptors (Lipinski definition) is 5. The molecule has 2 aromatic rings. The first kappa shape index (κ1) is 19.9. The highest BCUT2D eigenvalue weighted by Gasteiger charge is 2.46. The first-order valence-electron chi connectivity index (χ1n) is 8.78. The zero-order valence-corrected chi connectivity index (χ0v) is 16.3. The SMILES string of the molecule is CN(C)CCN1C(=O)C(=O)/C(=C(\O)c2ccccc2O)C1c1ccc(Cl)cc1. The van der Waals surface area contributed by atoms with Crippen LogP contribution in [-0.2, 0) is 9.59 Å². The van der Waals surface area contributed by atoms with Gasteiger partial charge < -0.3 is 20.0 Å². The number of halogens is 1. The highest BCUT2D eigenvalue weighted by molar-refractivity contribution is 6.46. The first-order chi connectivity index (χ1) is 13.3. The summed E-state index contributed by atoms with van der Waals surface area (Å²) in [6, 6.07) is 12.2. The van der Waals surface area contributed by atoms with Crippen LogP contribution < -0.4 is 0 Å². The van der Waals surface area contributed by atoms with Crippen molar-refractivity contribution < 1.29 is 19.8 Å². The number of likely N-dealkylation sites (N-methyl/N-ethyl adjacent to an activating group) is 1. The summed E-state index contributed by atoms with van der Waals surface area (Å²) in [6.07, 6.45) is 0. The number of aliphatic hydroxyl groups excluding tert-OH is 1. The molecular weight excluding hydrogens is 380 g/mol. The highest BCUT2D eigenvalue weighted by atomic mass is 35.5. The van der Waals surface area contributed by atoms with Gasteiger partial charge in [0.25, 0.3) is 11.7 Å². The molecule has 3 rings (SSSR count). The van der Waals surface area contributed by atoms with Crippen LogP contribution in [0, 0.1) is 0 Å². The smallest absolute Gasteiger partial charge is 0.295 e. The summed E-state index contributed by atoms with van der Waals surface area (Å²) in [6.45, 7) is 0.857. The molecule has 1 unspecified atom stereocenters. The number of aliphatic hydroxyl groups is 1. The number of benzene rings is 2. The lowest BCUT2D eigenvalue weighted by Crippen LogP contribution is -2.35. The van der Waals surface area contributed by atoms with Gasteiger partial charge in [-0.15, -0.1) is 0 Å². The van der Waals surface area contributed by atoms with Gasteiger partial charge in [-0.1, -0.05) is 35.9 Å². The van der Waals surface area contributed by atoms with E-state index in [4.69, 9.17) is 11.6 Å². The van der Waals surface area contributed by atoms with Crippen LogP contribution in [0.2, 0.25) is 5.02 Å². The predicted molar refractivity (Wildman–Crippen MR) is 107 cm³/mol. The van der Waals surface area contributed by atoms with Gasteiger partial charge in [0.1, 0.15) is 11.5 Å². The monoisotopic (exact) mass is 400 g/mol. The number of nitrogens with zero attached hydrogens (tertiary/aromatic N) is 2. The Morgan fingerprint density at radius 1 is 1.11 bits per heavy atom. The summed E-state index contributed by atoms with van der Waals surface area (Å²) in [5.74, 6) is -2.03. The van der Waals surface area contributed by atoms with E-state index in [2.05, 4.69) is 0 Å². The summed E-state index contributed by atoms with van der Waals surface area (Å²) < 4.78 is 0. The number of phenolic OH excluding ortho intramolecular Hbond substituents is 1. The number of amides is 1. The number of likely N-dealkylation sites (tertiary alicyclic amines) is 1. The van der Waals surface area contributed by atoms with Gasteiger partial charge in [-0.05, 0) is 43.9 Å². The van der Waals surface area contributed by atoms with Crippen LogP contribution in [0.15, 0.2) is 54.1 Å². The molecule has 0 bridgehead atoms. The van der Waals surface area contributed by atoms with E-state index < -0.39 is 23.5 Å². The van der Waals surface area contributed by atoms with Gasteiger partial charge in [-0.2, -0.15) is 0 Å². The van der Waals surface area contributed by atoms with Gasteiger partial charge in [0.2, 0.25) is 0 Å². The van der Waals surface area contributed by atoms with Gasteiger partial charge in [-0.25, -0.2) is 0 Å². The lowest BCUT2D eigenvalue weighted by molar-refractivity contribution is -0.140. The van der Waals surface area contributed by atoms with Crippen LogP contribution in [-0.4, -0.2) is 58.9 Å². The van der Waals surface area contributed by atoms with Crippen molar-refractivity contribution in [3.05, 3.63) is 70.3 Å². The Hall–Kier alpha value is -2.83. The van der Waals surface area contributed by atoms with E-state index >= 15 is 0 Å². The molecule has 6 nitrogen and oxygen atoms in total. The van der Waals surface area contributed by atoms with E-state index in [1.165, 1.54) is 17.0 Å². The Balaban J connectivity index is 2.16. The van der Waals surface area contributed by atoms with Crippen LogP contribution in [0.25, 0.3) is 5.76 Å². The number of rotatable bonds is 5. The molecular formula is C21H21ClN2O4. The molecule has 0 saturated carbocycles. The lowest BCUT2D eigenvalue weighted by atomic mass is 9.95. The summed E-state index contributed by atoms with van der Waals surface area (Å²) >= 11 is 5.98. The summed E-state index contributed by atoms with van der Waals surface area (Å²) in [5.41, 5.74) is 0.707. The third-order valence-electron chi connectivity index (χ3n) is 4.67. The maximum Gasteiger partial charge on any atom is 0.295 e. The third kappa shape index (κ3) is 3.74. The maximum atomic E-state index is 12.8. The van der Waals surface area contributed by atoms with Crippen LogP contribution in [0.3, 0.4) is 0 Å². The van der Waals surface area contributed by atoms with Gasteiger partial charge in [-0.3, -0.25) is 9.59 Å². The molecule has 0 aromatic heterocycles. The Morgan fingerprint density at radius 2 is 1.75 bits per heavy atom. The number of para-hydroxylation sites is 1. The summed E-state index contributed by atoms with van der Waals surface area (Å²) in [5, 5.41) is 21.5. The van der Waals surface area contributed by atoms with Gasteiger partial charge in [0.05, 0.1) is 17.2 Å². The molecule has 28 heavy (non-hydrogen) atoms. The standard InChI is InChI=1S/C21H21ClN2O4/c1-23(2)11-12-24-18(13-7-9-14(22)10-8-13)17(20(27)21(24)28)19(26)15-5-3-4-6-16(15)25/h3-10,18,25-26H,11-12H2,1-2H3/b19-17-. The molecule has 1 fully saturated rings. The topological polar surface area (TPSA) is 81.1 Å². The van der Waals surface area contributed by atoms with Crippen LogP contribution in [0.5, 0.6) is 5.75 Å². The molecule has 0 spiro atoms. The van der Waals surface area contributed by atoms with Crippen molar-refractivity contribution in [2.24, 2.45) is 0 Å². The maximum absolute atomic E-state index is 12.8. The fourth-order valence-corrected chi connectivity index (χ4v) is 3.35. The number of aromatic hydroxyl groups is 1. The van der Waals surface area contributed by atoms with E-state index in [0.717, 1.165) is 0 Å². The van der Waals surface area contributed by atoms with Crippen molar-refractivity contribution in [1.29, 1.82) is 0 Å². The fraction of sp³-hybridized carbons (Fsp3) is 0.238. The second kappa shape index (κ2) is 8.04. The molecule has 1 atom stereocenters. The minimum absolute atomic E-state index is 0.0485. The molecule has 2 aromatic carbocycles. The quantitative estimate of drug-likeness (QED) is 0.458. The molecule has 0 radical (unpaired) electrons. The zero-order valence-electron chi connectivity index (χ0n) is 15.6. The van der Waals surface area contributed by atoms with Crippen molar-refractivity contribution in [3.8, 4) is 5.75 Å². The number of hydrogen-bond donors (Lipinski definition) is 2. The zero-order chi connectivity index (χ0) is 20.4. The normalized spacial score (nSPS) is 18.9. The largest absolute Gasteiger partial charge is 0.507 e. The van der Waals surface area contributed by atoms with E-state index in [9.17, 15) is 19.8 Å². The minimum Gasteiger partial charge on any atom is -0.507 e. The third-order valence-corrected chi connectivity index (χ3v) is 4.92. The van der Waals surface area contributed by atoms with E-state index in [1.807, 2.05) is 19.0 Å². The Labute approximate surface area is 168 Å². The molecule has 1 saturated heterocycles. The van der Waals surface area contributed by atoms with Crippen molar-refractivity contribution in [3.63, 3.8) is 0 Å². The average Bonchev–Trinajstić information content (AvgIpc) is 2.91. The molecule has 146 valence electrons. The van der Waals surface area contributed by atoms with Crippen molar-refractivity contribution in [2.75, 3.05) is 27.2 Å². The summed E-state index contributed by atoms with van der Waals surface area (Å²) in [7, 11) is 3.74. The van der Waals surface area contributed by atoms with E-state index in [1.54, 1.807) is 36.4 Å². The fourth-order valence-electron chi connectivity index (χ4n) is 3.23. The van der Waals surface area contributed by atoms with Crippen LogP contribution >= 0.6 is 11.6 Å². The Morgan fingerprint density at radius 3 is 2.36 bits per heavy atom.